The zero-order valence-corrected chi connectivity index (χ0v) is 16.4. The van der Waals surface area contributed by atoms with E-state index >= 15 is 0 Å². The van der Waals surface area contributed by atoms with Gasteiger partial charge in [-0.05, 0) is 31.9 Å². The Kier molecular flexibility index (Phi) is 5.16. The van der Waals surface area contributed by atoms with E-state index in [1.54, 1.807) is 30.2 Å². The highest BCUT2D eigenvalue weighted by molar-refractivity contribution is 6.07. The molecule has 8 heteroatoms. The molecule has 4 rings (SSSR count). The monoisotopic (exact) mass is 396 g/mol. The lowest BCUT2D eigenvalue weighted by atomic mass is 9.99. The summed E-state index contributed by atoms with van der Waals surface area (Å²) in [5.74, 6) is 0.528. The number of rotatable bonds is 5. The number of carbonyl (C=O) groups excluding carboxylic acids is 2. The summed E-state index contributed by atoms with van der Waals surface area (Å²) in [5.41, 5.74) is 6.57. The molecule has 2 N–H and O–H groups in total. The number of para-hydroxylation sites is 1. The summed E-state index contributed by atoms with van der Waals surface area (Å²) in [5, 5.41) is 9.86. The van der Waals surface area contributed by atoms with Crippen LogP contribution < -0.4 is 10.5 Å². The lowest BCUT2D eigenvalue weighted by molar-refractivity contribution is -0.132. The number of fused-ring (bicyclic) bond motifs is 1. The predicted octanol–water partition coefficient (Wildman–Crippen LogP) is 1.84. The summed E-state index contributed by atoms with van der Waals surface area (Å²) in [6.07, 6.45) is 2.38. The number of hydrogen-bond acceptors (Lipinski definition) is 6. The van der Waals surface area contributed by atoms with Crippen LogP contribution in [0.25, 0.3) is 11.0 Å². The maximum absolute atomic E-state index is 12.6. The van der Waals surface area contributed by atoms with Gasteiger partial charge in [0.25, 0.3) is 5.91 Å². The van der Waals surface area contributed by atoms with Crippen LogP contribution in [0.4, 0.5) is 0 Å². The molecule has 2 saturated heterocycles. The van der Waals surface area contributed by atoms with Crippen molar-refractivity contribution in [3.63, 3.8) is 0 Å². The number of nitrogens with two attached hydrogens (primary N) is 1. The van der Waals surface area contributed by atoms with Crippen LogP contribution >= 0.6 is 0 Å². The van der Waals surface area contributed by atoms with Crippen LogP contribution in [-0.4, -0.2) is 60.9 Å². The molecular weight excluding hydrogens is 372 g/mol. The van der Waals surface area contributed by atoms with E-state index < -0.39 is 5.91 Å². The Labute approximate surface area is 168 Å². The lowest BCUT2D eigenvalue weighted by Gasteiger charge is -2.23. The van der Waals surface area contributed by atoms with E-state index in [0.717, 1.165) is 19.3 Å². The Hall–Kier alpha value is -3.05. The summed E-state index contributed by atoms with van der Waals surface area (Å²) in [6, 6.07) is 7.28. The SMILES string of the molecule is COc1cccc2c(C(N)=O)c([C@H]3CCN(CC(=O)N4CCC[C@H]4C#N)C3)oc12. The summed E-state index contributed by atoms with van der Waals surface area (Å²) >= 11 is 0. The molecule has 152 valence electrons. The number of ether oxygens (including phenoxy) is 1. The third-order valence-corrected chi connectivity index (χ3v) is 5.90. The number of nitriles is 1. The minimum atomic E-state index is -0.532. The normalized spacial score (nSPS) is 22.1. The first-order valence-electron chi connectivity index (χ1n) is 9.84. The molecule has 3 heterocycles. The topological polar surface area (TPSA) is 113 Å². The number of amides is 2. The van der Waals surface area contributed by atoms with E-state index in [-0.39, 0.29) is 24.4 Å². The van der Waals surface area contributed by atoms with Gasteiger partial charge in [0.1, 0.15) is 11.8 Å². The molecule has 2 aromatic rings. The van der Waals surface area contributed by atoms with Crippen molar-refractivity contribution >= 4 is 22.8 Å². The molecular formula is C21H24N4O4. The van der Waals surface area contributed by atoms with Gasteiger partial charge in [-0.25, -0.2) is 0 Å². The van der Waals surface area contributed by atoms with Crippen molar-refractivity contribution in [1.82, 2.24) is 9.80 Å². The third kappa shape index (κ3) is 3.42. The summed E-state index contributed by atoms with van der Waals surface area (Å²) in [7, 11) is 1.55. The van der Waals surface area contributed by atoms with E-state index in [2.05, 4.69) is 11.0 Å². The van der Waals surface area contributed by atoms with Crippen molar-refractivity contribution in [2.24, 2.45) is 5.73 Å². The van der Waals surface area contributed by atoms with Gasteiger partial charge in [-0.3, -0.25) is 14.5 Å². The second kappa shape index (κ2) is 7.76. The van der Waals surface area contributed by atoms with Crippen molar-refractivity contribution in [3.05, 3.63) is 29.5 Å². The largest absolute Gasteiger partial charge is 0.493 e. The first-order valence-corrected chi connectivity index (χ1v) is 9.84. The van der Waals surface area contributed by atoms with Crippen molar-refractivity contribution in [3.8, 4) is 11.8 Å². The maximum atomic E-state index is 12.6. The minimum Gasteiger partial charge on any atom is -0.493 e. The zero-order valence-electron chi connectivity index (χ0n) is 16.4. The third-order valence-electron chi connectivity index (χ3n) is 5.90. The molecule has 0 aliphatic carbocycles. The number of nitrogens with zero attached hydrogens (tertiary/aromatic N) is 3. The van der Waals surface area contributed by atoms with Crippen LogP contribution in [0.5, 0.6) is 5.75 Å². The van der Waals surface area contributed by atoms with Gasteiger partial charge in [0, 0.05) is 24.4 Å². The Bertz CT molecular complexity index is 992. The fraction of sp³-hybridized carbons (Fsp3) is 0.476. The minimum absolute atomic E-state index is 0.0175. The fourth-order valence-electron chi connectivity index (χ4n) is 4.49. The van der Waals surface area contributed by atoms with Crippen LogP contribution in [0, 0.1) is 11.3 Å². The van der Waals surface area contributed by atoms with Gasteiger partial charge in [0.15, 0.2) is 11.3 Å². The van der Waals surface area contributed by atoms with E-state index in [0.29, 0.717) is 47.7 Å². The summed E-state index contributed by atoms with van der Waals surface area (Å²) < 4.78 is 11.4. The molecule has 0 saturated carbocycles. The number of likely N-dealkylation sites (tertiary alicyclic amines) is 2. The lowest BCUT2D eigenvalue weighted by Crippen LogP contribution is -2.41. The van der Waals surface area contributed by atoms with Crippen molar-refractivity contribution in [1.29, 1.82) is 5.26 Å². The van der Waals surface area contributed by atoms with E-state index in [1.807, 2.05) is 0 Å². The quantitative estimate of drug-likeness (QED) is 0.825. The average Bonchev–Trinajstić information content (AvgIpc) is 3.44. The number of methoxy groups -OCH3 is 1. The van der Waals surface area contributed by atoms with Crippen LogP contribution in [0.1, 0.15) is 41.3 Å². The second-order valence-corrected chi connectivity index (χ2v) is 7.64. The highest BCUT2D eigenvalue weighted by Gasteiger charge is 2.35. The Morgan fingerprint density at radius 3 is 2.90 bits per heavy atom. The molecule has 2 atom stereocenters. The van der Waals surface area contributed by atoms with E-state index in [9.17, 15) is 14.9 Å². The molecule has 8 nitrogen and oxygen atoms in total. The second-order valence-electron chi connectivity index (χ2n) is 7.64. The van der Waals surface area contributed by atoms with E-state index in [1.165, 1.54) is 0 Å². The van der Waals surface area contributed by atoms with Gasteiger partial charge in [0.05, 0.1) is 25.3 Å². The molecule has 0 radical (unpaired) electrons. The smallest absolute Gasteiger partial charge is 0.252 e. The van der Waals surface area contributed by atoms with Gasteiger partial charge in [-0.15, -0.1) is 0 Å². The molecule has 0 bridgehead atoms. The Balaban J connectivity index is 1.54. The average molecular weight is 396 g/mol. The fourth-order valence-corrected chi connectivity index (χ4v) is 4.49. The number of primary amides is 1. The zero-order chi connectivity index (χ0) is 20.5. The van der Waals surface area contributed by atoms with Crippen LogP contribution in [-0.2, 0) is 4.79 Å². The highest BCUT2D eigenvalue weighted by Crippen LogP contribution is 2.39. The number of carbonyl (C=O) groups is 2. The Morgan fingerprint density at radius 2 is 2.17 bits per heavy atom. The van der Waals surface area contributed by atoms with Crippen LogP contribution in [0.15, 0.2) is 22.6 Å². The number of furan rings is 1. The van der Waals surface area contributed by atoms with Crippen molar-refractivity contribution < 1.29 is 18.7 Å². The highest BCUT2D eigenvalue weighted by atomic mass is 16.5. The molecule has 1 aromatic heterocycles. The van der Waals surface area contributed by atoms with Gasteiger partial charge in [-0.2, -0.15) is 5.26 Å². The van der Waals surface area contributed by atoms with Crippen molar-refractivity contribution in [2.45, 2.75) is 31.2 Å². The molecule has 2 aliphatic rings. The van der Waals surface area contributed by atoms with Crippen LogP contribution in [0.3, 0.4) is 0 Å². The summed E-state index contributed by atoms with van der Waals surface area (Å²) in [4.78, 5) is 28.5. The maximum Gasteiger partial charge on any atom is 0.252 e. The van der Waals surface area contributed by atoms with Gasteiger partial charge >= 0.3 is 0 Å². The first kappa shape index (κ1) is 19.3. The molecule has 29 heavy (non-hydrogen) atoms. The molecule has 2 fully saturated rings. The number of hydrogen-bond donors (Lipinski definition) is 1. The molecule has 1 aromatic carbocycles. The van der Waals surface area contributed by atoms with Crippen LogP contribution in [0.2, 0.25) is 0 Å². The predicted molar refractivity (Wildman–Crippen MR) is 105 cm³/mol. The Morgan fingerprint density at radius 1 is 1.34 bits per heavy atom. The molecule has 2 aliphatic heterocycles. The first-order chi connectivity index (χ1) is 14.0. The van der Waals surface area contributed by atoms with E-state index in [4.69, 9.17) is 14.9 Å². The summed E-state index contributed by atoms with van der Waals surface area (Å²) in [6.45, 7) is 2.22. The standard InChI is InChI=1S/C21H24N4O4/c1-28-16-6-2-5-15-18(21(23)27)19(29-20(15)16)13-7-9-24(11-13)12-17(26)25-8-3-4-14(25)10-22/h2,5-6,13-14H,3-4,7-9,11-12H2,1H3,(H2,23,27)/t13-,14-/m0/s1. The molecule has 0 unspecified atom stereocenters. The van der Waals surface area contributed by atoms with Gasteiger partial charge in [0.2, 0.25) is 5.91 Å². The molecule has 2 amide bonds. The number of benzene rings is 1. The van der Waals surface area contributed by atoms with Crippen molar-refractivity contribution in [2.75, 3.05) is 33.3 Å². The molecule has 0 spiro atoms. The van der Waals surface area contributed by atoms with Gasteiger partial charge < -0.3 is 19.8 Å². The van der Waals surface area contributed by atoms with Gasteiger partial charge in [-0.1, -0.05) is 12.1 Å².